The molecule has 0 atom stereocenters. The highest BCUT2D eigenvalue weighted by Crippen LogP contribution is 2.31. The zero-order valence-corrected chi connectivity index (χ0v) is 18.6. The molecule has 1 aliphatic heterocycles. The Labute approximate surface area is 196 Å². The minimum atomic E-state index is -3.01. The third kappa shape index (κ3) is 4.37. The van der Waals surface area contributed by atoms with Gasteiger partial charge in [-0.1, -0.05) is 0 Å². The fourth-order valence-electron chi connectivity index (χ4n) is 4.10. The second-order valence-corrected chi connectivity index (χ2v) is 8.21. The Morgan fingerprint density at radius 1 is 1.23 bits per heavy atom. The monoisotopic (exact) mass is 485 g/mol. The van der Waals surface area contributed by atoms with Crippen LogP contribution in [0, 0.1) is 0 Å². The molecule has 11 nitrogen and oxygen atoms in total. The molecule has 0 bridgehead atoms. The lowest BCUT2D eigenvalue weighted by atomic mass is 10.1. The molecular weight excluding hydrogens is 464 g/mol. The van der Waals surface area contributed by atoms with E-state index in [4.69, 9.17) is 0 Å². The lowest BCUT2D eigenvalue weighted by Crippen LogP contribution is -2.48. The highest BCUT2D eigenvalue weighted by Gasteiger charge is 2.23. The molecule has 0 saturated carbocycles. The number of halogens is 2. The second-order valence-electron chi connectivity index (χ2n) is 8.21. The van der Waals surface area contributed by atoms with E-state index in [-0.39, 0.29) is 46.3 Å². The van der Waals surface area contributed by atoms with Crippen molar-refractivity contribution in [2.75, 3.05) is 33.2 Å². The fraction of sp³-hybridized carbons (Fsp3) is 0.318. The average Bonchev–Trinajstić information content (AvgIpc) is 3.40. The van der Waals surface area contributed by atoms with Gasteiger partial charge in [0.15, 0.2) is 5.65 Å². The molecule has 0 aliphatic carbocycles. The van der Waals surface area contributed by atoms with Crippen molar-refractivity contribution in [3.05, 3.63) is 36.2 Å². The number of carboxylic acids is 1. The molecule has 5 rings (SSSR count). The zero-order valence-electron chi connectivity index (χ0n) is 18.6. The largest absolute Gasteiger partial charge is 0.478 e. The third-order valence-electron chi connectivity index (χ3n) is 5.94. The Morgan fingerprint density at radius 2 is 2.00 bits per heavy atom. The van der Waals surface area contributed by atoms with Gasteiger partial charge < -0.3 is 24.6 Å². The number of fused-ring (bicyclic) bond motifs is 2. The molecule has 1 saturated heterocycles. The first-order valence-electron chi connectivity index (χ1n) is 10.8. The van der Waals surface area contributed by atoms with Gasteiger partial charge in [-0.15, -0.1) is 0 Å². The van der Waals surface area contributed by atoms with E-state index in [0.29, 0.717) is 24.0 Å². The molecule has 1 aromatic carbocycles. The number of nitrogens with zero attached hydrogens (tertiary/aromatic N) is 6. The maximum Gasteiger partial charge on any atom is 0.387 e. The number of aromatic carboxylic acids is 1. The molecule has 13 heteroatoms. The minimum Gasteiger partial charge on any atom is -0.478 e. The summed E-state index contributed by atoms with van der Waals surface area (Å²) < 4.78 is 31.7. The van der Waals surface area contributed by atoms with Gasteiger partial charge in [0, 0.05) is 37.8 Å². The molecule has 4 heterocycles. The van der Waals surface area contributed by atoms with Gasteiger partial charge in [0.05, 0.1) is 11.7 Å². The summed E-state index contributed by atoms with van der Waals surface area (Å²) in [6.07, 6.45) is 2.69. The van der Waals surface area contributed by atoms with Crippen molar-refractivity contribution in [1.82, 2.24) is 34.5 Å². The zero-order chi connectivity index (χ0) is 24.7. The van der Waals surface area contributed by atoms with E-state index >= 15 is 0 Å². The quantitative estimate of drug-likeness (QED) is 0.425. The Morgan fingerprint density at radius 3 is 2.71 bits per heavy atom. The summed E-state index contributed by atoms with van der Waals surface area (Å²) in [5, 5.41) is 14.4. The van der Waals surface area contributed by atoms with Crippen LogP contribution in [-0.2, 0) is 11.3 Å². The van der Waals surface area contributed by atoms with E-state index in [1.807, 2.05) is 7.05 Å². The number of carbonyl (C=O) groups is 2. The van der Waals surface area contributed by atoms with Gasteiger partial charge in [0.25, 0.3) is 0 Å². The number of amides is 1. The van der Waals surface area contributed by atoms with Crippen LogP contribution >= 0.6 is 0 Å². The summed E-state index contributed by atoms with van der Waals surface area (Å²) in [5.74, 6) is -1.38. The van der Waals surface area contributed by atoms with E-state index < -0.39 is 12.6 Å². The van der Waals surface area contributed by atoms with Crippen LogP contribution in [0.2, 0.25) is 0 Å². The van der Waals surface area contributed by atoms with Crippen molar-refractivity contribution in [2.24, 2.45) is 0 Å². The molecule has 1 fully saturated rings. The lowest BCUT2D eigenvalue weighted by molar-refractivity contribution is -0.133. The van der Waals surface area contributed by atoms with Gasteiger partial charge in [-0.3, -0.25) is 9.48 Å². The molecule has 35 heavy (non-hydrogen) atoms. The smallest absolute Gasteiger partial charge is 0.387 e. The maximum absolute atomic E-state index is 13.0. The number of benzene rings is 1. The molecule has 2 N–H and O–H groups in total. The molecule has 4 aromatic rings. The van der Waals surface area contributed by atoms with Crippen molar-refractivity contribution in [1.29, 1.82) is 0 Å². The number of carbonyl (C=O) groups excluding carboxylic acids is 1. The summed E-state index contributed by atoms with van der Waals surface area (Å²) in [6.45, 7) is -0.343. The Hall–Kier alpha value is -4.13. The Kier molecular flexibility index (Phi) is 5.76. The predicted molar refractivity (Wildman–Crippen MR) is 120 cm³/mol. The van der Waals surface area contributed by atoms with E-state index in [1.54, 1.807) is 11.0 Å². The van der Waals surface area contributed by atoms with Crippen molar-refractivity contribution < 1.29 is 28.2 Å². The molecular formula is C22H21F2N7O4. The van der Waals surface area contributed by atoms with E-state index in [0.717, 1.165) is 13.1 Å². The van der Waals surface area contributed by atoms with Gasteiger partial charge in [0.1, 0.15) is 34.8 Å². The van der Waals surface area contributed by atoms with Crippen molar-refractivity contribution in [3.63, 3.8) is 0 Å². The number of carboxylic acid groups (broad SMARTS) is 1. The summed E-state index contributed by atoms with van der Waals surface area (Å²) >= 11 is 0. The predicted octanol–water partition coefficient (Wildman–Crippen LogP) is 2.05. The number of H-pyrrole nitrogens is 1. The Balaban J connectivity index is 1.58. The number of aromatic nitrogens is 5. The van der Waals surface area contributed by atoms with E-state index in [1.165, 1.54) is 29.2 Å². The first kappa shape index (κ1) is 22.7. The number of ether oxygens (including phenoxy) is 1. The molecule has 3 aromatic heterocycles. The molecule has 0 radical (unpaired) electrons. The van der Waals surface area contributed by atoms with Crippen LogP contribution in [0.1, 0.15) is 10.4 Å². The number of rotatable bonds is 6. The number of alkyl halides is 2. The number of hydrogen-bond acceptors (Lipinski definition) is 7. The van der Waals surface area contributed by atoms with E-state index in [2.05, 4.69) is 29.7 Å². The average molecular weight is 485 g/mol. The van der Waals surface area contributed by atoms with E-state index in [9.17, 15) is 23.5 Å². The number of nitrogens with one attached hydrogen (secondary N) is 1. The summed E-state index contributed by atoms with van der Waals surface area (Å²) in [5.41, 5.74) is 1.35. The van der Waals surface area contributed by atoms with Crippen LogP contribution < -0.4 is 4.74 Å². The lowest BCUT2D eigenvalue weighted by Gasteiger charge is -2.32. The number of piperazine rings is 1. The van der Waals surface area contributed by atoms with Crippen LogP contribution in [0.15, 0.2) is 30.6 Å². The van der Waals surface area contributed by atoms with Crippen molar-refractivity contribution in [2.45, 2.75) is 13.2 Å². The summed E-state index contributed by atoms with van der Waals surface area (Å²) in [4.78, 5) is 39.8. The number of likely N-dealkylation sites (N-methyl/N-ethyl adjacent to an activating group) is 1. The highest BCUT2D eigenvalue weighted by molar-refractivity contribution is 6.01. The minimum absolute atomic E-state index is 0.0601. The molecule has 0 spiro atoms. The molecule has 0 unspecified atom stereocenters. The van der Waals surface area contributed by atoms with Crippen LogP contribution in [0.4, 0.5) is 8.78 Å². The first-order valence-corrected chi connectivity index (χ1v) is 10.8. The van der Waals surface area contributed by atoms with Gasteiger partial charge in [-0.25, -0.2) is 14.8 Å². The van der Waals surface area contributed by atoms with Gasteiger partial charge >= 0.3 is 12.6 Å². The van der Waals surface area contributed by atoms with Gasteiger partial charge in [-0.05, 0) is 25.2 Å². The first-order chi connectivity index (χ1) is 16.8. The molecule has 182 valence electrons. The summed E-state index contributed by atoms with van der Waals surface area (Å²) in [6, 6.07) is 4.31. The molecule has 1 amide bonds. The van der Waals surface area contributed by atoms with Crippen LogP contribution in [-0.4, -0.2) is 91.4 Å². The topological polar surface area (TPSA) is 129 Å². The highest BCUT2D eigenvalue weighted by atomic mass is 19.3. The molecule has 1 aliphatic rings. The SMILES string of the molecule is CN1CCN(C(=O)Cn2nc(-c3cnc4[nH]cc(C(=O)O)c4n3)c3cc(OC(F)F)ccc32)CC1. The number of aromatic amines is 1. The van der Waals surface area contributed by atoms with Gasteiger partial charge in [-0.2, -0.15) is 13.9 Å². The Bertz CT molecular complexity index is 1430. The van der Waals surface area contributed by atoms with Gasteiger partial charge in [0.2, 0.25) is 5.91 Å². The normalized spacial score (nSPS) is 14.8. The third-order valence-corrected chi connectivity index (χ3v) is 5.94. The van der Waals surface area contributed by atoms with Crippen LogP contribution in [0.25, 0.3) is 33.5 Å². The standard InChI is InChI=1S/C22H21F2N7O4/c1-29-4-6-30(7-5-29)17(32)11-31-16-3-2-12(35-22(23)24)8-13(16)18(28-31)15-10-26-20-19(27-15)14(9-25-20)21(33)34/h2-3,8-10,22H,4-7,11H2,1H3,(H,25,26)(H,33,34). The number of hydrogen-bond donors (Lipinski definition) is 2. The van der Waals surface area contributed by atoms with Crippen molar-refractivity contribution >= 4 is 33.9 Å². The van der Waals surface area contributed by atoms with Crippen molar-refractivity contribution in [3.8, 4) is 17.1 Å². The van der Waals surface area contributed by atoms with Crippen LogP contribution in [0.3, 0.4) is 0 Å². The maximum atomic E-state index is 13.0. The second kappa shape index (κ2) is 8.91. The van der Waals surface area contributed by atoms with Crippen LogP contribution in [0.5, 0.6) is 5.75 Å². The summed E-state index contributed by atoms with van der Waals surface area (Å²) in [7, 11) is 1.99. The fourth-order valence-corrected chi connectivity index (χ4v) is 4.10.